The molecule has 0 saturated heterocycles. The Labute approximate surface area is 133 Å². The number of para-hydroxylation sites is 1. The SMILES string of the molecule is Cc1nc(C)c(CNS(=O)(=O)c2cccc3cccnc23)s1. The Bertz CT molecular complexity index is 928. The van der Waals surface area contributed by atoms with Gasteiger partial charge in [0.1, 0.15) is 4.90 Å². The highest BCUT2D eigenvalue weighted by atomic mass is 32.2. The van der Waals surface area contributed by atoms with Crippen molar-refractivity contribution in [3.63, 3.8) is 0 Å². The largest absolute Gasteiger partial charge is 0.255 e. The Morgan fingerprint density at radius 1 is 1.18 bits per heavy atom. The van der Waals surface area contributed by atoms with Gasteiger partial charge in [-0.15, -0.1) is 11.3 Å². The number of thiazole rings is 1. The van der Waals surface area contributed by atoms with Gasteiger partial charge in [-0.25, -0.2) is 18.1 Å². The first-order valence-electron chi connectivity index (χ1n) is 6.74. The average Bonchev–Trinajstić information content (AvgIpc) is 2.82. The van der Waals surface area contributed by atoms with E-state index in [1.807, 2.05) is 26.0 Å². The number of fused-ring (bicyclic) bond motifs is 1. The predicted octanol–water partition coefficient (Wildman–Crippen LogP) is 2.79. The zero-order valence-electron chi connectivity index (χ0n) is 12.2. The smallest absolute Gasteiger partial charge is 0.243 e. The molecule has 0 radical (unpaired) electrons. The van der Waals surface area contributed by atoms with Gasteiger partial charge in [0.15, 0.2) is 0 Å². The fourth-order valence-corrected chi connectivity index (χ4v) is 4.41. The Morgan fingerprint density at radius 2 is 1.95 bits per heavy atom. The fraction of sp³-hybridized carbons (Fsp3) is 0.200. The first kappa shape index (κ1) is 15.1. The number of aromatic nitrogens is 2. The van der Waals surface area contributed by atoms with E-state index in [1.54, 1.807) is 24.4 Å². The highest BCUT2D eigenvalue weighted by molar-refractivity contribution is 7.89. The summed E-state index contributed by atoms with van der Waals surface area (Å²) in [4.78, 5) is 9.62. The van der Waals surface area contributed by atoms with Gasteiger partial charge in [-0.05, 0) is 26.0 Å². The van der Waals surface area contributed by atoms with Crippen LogP contribution in [0.25, 0.3) is 10.9 Å². The third-order valence-corrected chi connectivity index (χ3v) is 5.81. The van der Waals surface area contributed by atoms with Crippen molar-refractivity contribution < 1.29 is 8.42 Å². The molecule has 0 atom stereocenters. The van der Waals surface area contributed by atoms with Crippen molar-refractivity contribution in [1.29, 1.82) is 0 Å². The van der Waals surface area contributed by atoms with Crippen LogP contribution in [0.15, 0.2) is 41.4 Å². The van der Waals surface area contributed by atoms with Crippen LogP contribution < -0.4 is 4.72 Å². The van der Waals surface area contributed by atoms with Crippen molar-refractivity contribution in [3.8, 4) is 0 Å². The second-order valence-corrected chi connectivity index (χ2v) is 7.92. The van der Waals surface area contributed by atoms with E-state index < -0.39 is 10.0 Å². The van der Waals surface area contributed by atoms with E-state index in [2.05, 4.69) is 14.7 Å². The molecule has 0 fully saturated rings. The number of hydrogen-bond donors (Lipinski definition) is 1. The summed E-state index contributed by atoms with van der Waals surface area (Å²) in [7, 11) is -3.63. The number of pyridine rings is 1. The molecule has 1 N–H and O–H groups in total. The maximum atomic E-state index is 12.6. The van der Waals surface area contributed by atoms with Gasteiger partial charge >= 0.3 is 0 Å². The standard InChI is InChI=1S/C15H15N3O2S2/c1-10-13(21-11(2)18-10)9-17-22(19,20)14-7-3-5-12-6-4-8-16-15(12)14/h3-8,17H,9H2,1-2H3. The first-order chi connectivity index (χ1) is 10.5. The van der Waals surface area contributed by atoms with Gasteiger partial charge in [0, 0.05) is 23.0 Å². The monoisotopic (exact) mass is 333 g/mol. The summed E-state index contributed by atoms with van der Waals surface area (Å²) >= 11 is 1.50. The molecule has 1 aromatic carbocycles. The highest BCUT2D eigenvalue weighted by Gasteiger charge is 2.18. The Morgan fingerprint density at radius 3 is 2.68 bits per heavy atom. The summed E-state index contributed by atoms with van der Waals surface area (Å²) < 4.78 is 27.8. The van der Waals surface area contributed by atoms with Crippen molar-refractivity contribution in [1.82, 2.24) is 14.7 Å². The van der Waals surface area contributed by atoms with E-state index in [-0.39, 0.29) is 11.4 Å². The van der Waals surface area contributed by atoms with Crippen molar-refractivity contribution >= 4 is 32.3 Å². The van der Waals surface area contributed by atoms with Crippen LogP contribution in [0.5, 0.6) is 0 Å². The molecule has 0 amide bonds. The van der Waals surface area contributed by atoms with E-state index in [0.29, 0.717) is 5.52 Å². The average molecular weight is 333 g/mol. The van der Waals surface area contributed by atoms with Crippen molar-refractivity contribution in [2.24, 2.45) is 0 Å². The van der Waals surface area contributed by atoms with Crippen LogP contribution in [0.3, 0.4) is 0 Å². The van der Waals surface area contributed by atoms with Gasteiger partial charge in [0.25, 0.3) is 0 Å². The van der Waals surface area contributed by atoms with Gasteiger partial charge in [0.2, 0.25) is 10.0 Å². The van der Waals surface area contributed by atoms with Crippen LogP contribution in [0, 0.1) is 13.8 Å². The number of sulfonamides is 1. The van der Waals surface area contributed by atoms with Crippen LogP contribution >= 0.6 is 11.3 Å². The molecule has 7 heteroatoms. The minimum Gasteiger partial charge on any atom is -0.255 e. The van der Waals surface area contributed by atoms with E-state index in [0.717, 1.165) is 21.0 Å². The van der Waals surface area contributed by atoms with Crippen LogP contribution in [-0.2, 0) is 16.6 Å². The maximum Gasteiger partial charge on any atom is 0.243 e. The number of nitrogens with zero attached hydrogens (tertiary/aromatic N) is 2. The van der Waals surface area contributed by atoms with Gasteiger partial charge in [-0.2, -0.15) is 0 Å². The second-order valence-electron chi connectivity index (χ2n) is 4.90. The lowest BCUT2D eigenvalue weighted by atomic mass is 10.2. The molecule has 0 aliphatic rings. The van der Waals surface area contributed by atoms with E-state index in [1.165, 1.54) is 11.3 Å². The summed E-state index contributed by atoms with van der Waals surface area (Å²) in [6, 6.07) is 8.77. The number of aryl methyl sites for hydroxylation is 2. The summed E-state index contributed by atoms with van der Waals surface area (Å²) in [5.74, 6) is 0. The van der Waals surface area contributed by atoms with Crippen LogP contribution in [0.2, 0.25) is 0 Å². The lowest BCUT2D eigenvalue weighted by Gasteiger charge is -2.08. The fourth-order valence-electron chi connectivity index (χ4n) is 2.27. The number of nitrogens with one attached hydrogen (secondary N) is 1. The van der Waals surface area contributed by atoms with Crippen LogP contribution in [-0.4, -0.2) is 18.4 Å². The lowest BCUT2D eigenvalue weighted by molar-refractivity contribution is 0.582. The minimum absolute atomic E-state index is 0.199. The minimum atomic E-state index is -3.63. The molecule has 0 aliphatic carbocycles. The molecule has 0 bridgehead atoms. The molecule has 0 saturated carbocycles. The van der Waals surface area contributed by atoms with Gasteiger partial charge in [-0.3, -0.25) is 4.98 Å². The predicted molar refractivity (Wildman–Crippen MR) is 87.4 cm³/mol. The molecule has 0 unspecified atom stereocenters. The summed E-state index contributed by atoms with van der Waals surface area (Å²) in [6.45, 7) is 4.03. The van der Waals surface area contributed by atoms with Gasteiger partial charge in [0.05, 0.1) is 16.2 Å². The molecule has 3 aromatic rings. The maximum absolute atomic E-state index is 12.6. The number of benzene rings is 1. The zero-order chi connectivity index (χ0) is 15.7. The van der Waals surface area contributed by atoms with Gasteiger partial charge < -0.3 is 0 Å². The molecule has 2 aromatic heterocycles. The van der Waals surface area contributed by atoms with Crippen molar-refractivity contribution in [2.45, 2.75) is 25.3 Å². The Hall–Kier alpha value is -1.83. The zero-order valence-corrected chi connectivity index (χ0v) is 13.8. The van der Waals surface area contributed by atoms with E-state index in [9.17, 15) is 8.42 Å². The molecule has 5 nitrogen and oxygen atoms in total. The van der Waals surface area contributed by atoms with Crippen LogP contribution in [0.1, 0.15) is 15.6 Å². The van der Waals surface area contributed by atoms with Crippen LogP contribution in [0.4, 0.5) is 0 Å². The third kappa shape index (κ3) is 2.87. The van der Waals surface area contributed by atoms with E-state index in [4.69, 9.17) is 0 Å². The Balaban J connectivity index is 1.93. The highest BCUT2D eigenvalue weighted by Crippen LogP contribution is 2.22. The van der Waals surface area contributed by atoms with Gasteiger partial charge in [-0.1, -0.05) is 18.2 Å². The molecule has 3 rings (SSSR count). The number of rotatable bonds is 4. The molecule has 0 aliphatic heterocycles. The topological polar surface area (TPSA) is 72.0 Å². The first-order valence-corrected chi connectivity index (χ1v) is 9.03. The van der Waals surface area contributed by atoms with E-state index >= 15 is 0 Å². The number of hydrogen-bond acceptors (Lipinski definition) is 5. The quantitative estimate of drug-likeness (QED) is 0.797. The third-order valence-electron chi connectivity index (χ3n) is 3.31. The molecular weight excluding hydrogens is 318 g/mol. The summed E-state index contributed by atoms with van der Waals surface area (Å²) in [5.41, 5.74) is 1.34. The Kier molecular flexibility index (Phi) is 3.94. The lowest BCUT2D eigenvalue weighted by Crippen LogP contribution is -2.23. The van der Waals surface area contributed by atoms with Crippen molar-refractivity contribution in [3.05, 3.63) is 52.1 Å². The molecule has 114 valence electrons. The second kappa shape index (κ2) is 5.75. The normalized spacial score (nSPS) is 11.9. The molecule has 2 heterocycles. The molecule has 0 spiro atoms. The summed E-state index contributed by atoms with van der Waals surface area (Å²) in [5, 5.41) is 1.73. The molecule has 22 heavy (non-hydrogen) atoms. The van der Waals surface area contributed by atoms with Crippen molar-refractivity contribution in [2.75, 3.05) is 0 Å². The summed E-state index contributed by atoms with van der Waals surface area (Å²) in [6.07, 6.45) is 1.60. The molecular formula is C15H15N3O2S2.